The molecule has 4 nitrogen and oxygen atoms in total. The van der Waals surface area contributed by atoms with Gasteiger partial charge < -0.3 is 5.11 Å². The summed E-state index contributed by atoms with van der Waals surface area (Å²) in [5.41, 5.74) is 0.0977. The van der Waals surface area contributed by atoms with Crippen LogP contribution >= 0.6 is 0 Å². The van der Waals surface area contributed by atoms with Crippen molar-refractivity contribution in [3.05, 3.63) is 23.8 Å². The van der Waals surface area contributed by atoms with Crippen molar-refractivity contribution < 1.29 is 23.1 Å². The maximum Gasteiger partial charge on any atom is 0.397 e. The summed E-state index contributed by atoms with van der Waals surface area (Å²) in [6, 6.07) is 0. The molecule has 1 atom stereocenters. The molecule has 1 aromatic rings. The number of carboxylic acids is 1. The Labute approximate surface area is 89.1 Å². The zero-order valence-electron chi connectivity index (χ0n) is 8.32. The maximum absolute atomic E-state index is 12.5. The van der Waals surface area contributed by atoms with Crippen molar-refractivity contribution >= 4 is 5.97 Å². The summed E-state index contributed by atoms with van der Waals surface area (Å²) in [6.07, 6.45) is -3.55. The minimum atomic E-state index is -4.64. The number of carbonyl (C=O) groups is 1. The van der Waals surface area contributed by atoms with E-state index in [1.807, 2.05) is 0 Å². The Morgan fingerprint density at radius 1 is 1.44 bits per heavy atom. The van der Waals surface area contributed by atoms with Gasteiger partial charge in [0.25, 0.3) is 0 Å². The summed E-state index contributed by atoms with van der Waals surface area (Å²) >= 11 is 0. The summed E-state index contributed by atoms with van der Waals surface area (Å²) in [4.78, 5) is 17.6. The van der Waals surface area contributed by atoms with E-state index in [0.29, 0.717) is 5.69 Å². The van der Waals surface area contributed by atoms with Gasteiger partial charge in [0.1, 0.15) is 5.92 Å². The highest BCUT2D eigenvalue weighted by Gasteiger charge is 2.43. The summed E-state index contributed by atoms with van der Waals surface area (Å²) < 4.78 is 37.6. The zero-order valence-corrected chi connectivity index (χ0v) is 8.32. The lowest BCUT2D eigenvalue weighted by Crippen LogP contribution is -2.24. The minimum absolute atomic E-state index is 0.375. The monoisotopic (exact) mass is 234 g/mol. The molecular weight excluding hydrogens is 225 g/mol. The Kier molecular flexibility index (Phi) is 3.46. The van der Waals surface area contributed by atoms with Crippen LogP contribution in [0.4, 0.5) is 13.2 Å². The van der Waals surface area contributed by atoms with E-state index in [9.17, 15) is 18.0 Å². The molecule has 0 spiro atoms. The lowest BCUT2D eigenvalue weighted by atomic mass is 10.0. The largest absolute Gasteiger partial charge is 0.481 e. The van der Waals surface area contributed by atoms with E-state index in [4.69, 9.17) is 5.11 Å². The smallest absolute Gasteiger partial charge is 0.397 e. The van der Waals surface area contributed by atoms with Gasteiger partial charge in [-0.15, -0.1) is 0 Å². The second-order valence-corrected chi connectivity index (χ2v) is 3.27. The van der Waals surface area contributed by atoms with E-state index in [1.165, 1.54) is 6.20 Å². The van der Waals surface area contributed by atoms with Gasteiger partial charge in [0.2, 0.25) is 0 Å². The molecule has 0 amide bonds. The quantitative estimate of drug-likeness (QED) is 0.867. The Balaban J connectivity index is 3.01. The van der Waals surface area contributed by atoms with Crippen molar-refractivity contribution in [3.63, 3.8) is 0 Å². The van der Waals surface area contributed by atoms with Gasteiger partial charge in [0.15, 0.2) is 0 Å². The average Bonchev–Trinajstić information content (AvgIpc) is 2.14. The fourth-order valence-corrected chi connectivity index (χ4v) is 1.15. The summed E-state index contributed by atoms with van der Waals surface area (Å²) in [7, 11) is 0. The number of aromatic nitrogens is 2. The molecular formula is C9H9F3N2O2. The van der Waals surface area contributed by atoms with Crippen LogP contribution in [0.3, 0.4) is 0 Å². The number of aliphatic carboxylic acids is 1. The van der Waals surface area contributed by atoms with Gasteiger partial charge >= 0.3 is 12.1 Å². The van der Waals surface area contributed by atoms with Crippen molar-refractivity contribution in [1.29, 1.82) is 0 Å². The fraction of sp³-hybridized carbons (Fsp3) is 0.444. The van der Waals surface area contributed by atoms with Crippen molar-refractivity contribution in [3.8, 4) is 0 Å². The highest BCUT2D eigenvalue weighted by atomic mass is 19.4. The first-order chi connectivity index (χ1) is 7.30. The van der Waals surface area contributed by atoms with Gasteiger partial charge in [-0.2, -0.15) is 13.2 Å². The molecule has 1 aromatic heterocycles. The predicted octanol–water partition coefficient (Wildman–Crippen LogP) is 1.91. The molecule has 0 saturated carbocycles. The van der Waals surface area contributed by atoms with E-state index in [0.717, 1.165) is 6.20 Å². The first kappa shape index (κ1) is 12.4. The number of halogens is 3. The lowest BCUT2D eigenvalue weighted by molar-refractivity contribution is -0.164. The first-order valence-electron chi connectivity index (χ1n) is 4.37. The molecule has 0 aliphatic carbocycles. The van der Waals surface area contributed by atoms with Crippen LogP contribution in [0, 0.1) is 6.92 Å². The molecule has 0 fully saturated rings. The minimum Gasteiger partial charge on any atom is -0.481 e. The summed E-state index contributed by atoms with van der Waals surface area (Å²) in [5.74, 6) is -3.64. The molecule has 88 valence electrons. The van der Waals surface area contributed by atoms with Crippen molar-refractivity contribution in [1.82, 2.24) is 9.97 Å². The van der Waals surface area contributed by atoms with Gasteiger partial charge in [-0.25, -0.2) is 0 Å². The molecule has 0 aliphatic rings. The highest BCUT2D eigenvalue weighted by molar-refractivity contribution is 5.68. The molecule has 0 aromatic carbocycles. The van der Waals surface area contributed by atoms with E-state index in [-0.39, 0.29) is 5.69 Å². The lowest BCUT2D eigenvalue weighted by Gasteiger charge is -2.17. The number of hydrogen-bond donors (Lipinski definition) is 1. The van der Waals surface area contributed by atoms with Gasteiger partial charge in [0, 0.05) is 12.4 Å². The van der Waals surface area contributed by atoms with Crippen LogP contribution in [0.1, 0.15) is 23.7 Å². The van der Waals surface area contributed by atoms with Crippen molar-refractivity contribution in [2.24, 2.45) is 0 Å². The van der Waals surface area contributed by atoms with E-state index in [2.05, 4.69) is 9.97 Å². The number of alkyl halides is 3. The third-order valence-corrected chi connectivity index (χ3v) is 1.93. The number of rotatable bonds is 3. The third kappa shape index (κ3) is 3.18. The van der Waals surface area contributed by atoms with Crippen LogP contribution in [0.15, 0.2) is 12.4 Å². The molecule has 1 unspecified atom stereocenters. The summed E-state index contributed by atoms with van der Waals surface area (Å²) in [6.45, 7) is 1.58. The second-order valence-electron chi connectivity index (χ2n) is 3.27. The number of nitrogens with zero attached hydrogens (tertiary/aromatic N) is 2. The highest BCUT2D eigenvalue weighted by Crippen LogP contribution is 2.36. The number of hydrogen-bond acceptors (Lipinski definition) is 3. The molecule has 1 rings (SSSR count). The van der Waals surface area contributed by atoms with E-state index in [1.54, 1.807) is 6.92 Å². The molecule has 16 heavy (non-hydrogen) atoms. The van der Waals surface area contributed by atoms with Crippen molar-refractivity contribution in [2.45, 2.75) is 25.4 Å². The molecule has 0 radical (unpaired) electrons. The van der Waals surface area contributed by atoms with Crippen molar-refractivity contribution in [2.75, 3.05) is 0 Å². The Morgan fingerprint density at radius 2 is 2.06 bits per heavy atom. The average molecular weight is 234 g/mol. The SMILES string of the molecule is Cc1cnc(C(CC(=O)O)C(F)(F)F)cn1. The van der Waals surface area contributed by atoms with Crippen LogP contribution < -0.4 is 0 Å². The van der Waals surface area contributed by atoms with Crippen LogP contribution in [-0.4, -0.2) is 27.2 Å². The van der Waals surface area contributed by atoms with Gasteiger partial charge in [-0.1, -0.05) is 0 Å². The summed E-state index contributed by atoms with van der Waals surface area (Å²) in [5, 5.41) is 8.41. The standard InChI is InChI=1S/C9H9F3N2O2/c1-5-3-14-7(4-13-5)6(2-8(15)16)9(10,11)12/h3-4,6H,2H2,1H3,(H,15,16). The van der Waals surface area contributed by atoms with Gasteiger partial charge in [-0.3, -0.25) is 14.8 Å². The molecule has 1 heterocycles. The number of aryl methyl sites for hydroxylation is 1. The van der Waals surface area contributed by atoms with Crippen LogP contribution in [-0.2, 0) is 4.79 Å². The zero-order chi connectivity index (χ0) is 12.3. The van der Waals surface area contributed by atoms with Crippen LogP contribution in [0.25, 0.3) is 0 Å². The van der Waals surface area contributed by atoms with Gasteiger partial charge in [-0.05, 0) is 6.92 Å². The topological polar surface area (TPSA) is 63.1 Å². The van der Waals surface area contributed by atoms with Crippen LogP contribution in [0.5, 0.6) is 0 Å². The number of carboxylic acid groups (broad SMARTS) is 1. The van der Waals surface area contributed by atoms with Crippen LogP contribution in [0.2, 0.25) is 0 Å². The molecule has 1 N–H and O–H groups in total. The van der Waals surface area contributed by atoms with Gasteiger partial charge in [0.05, 0.1) is 17.8 Å². The molecule has 0 aliphatic heterocycles. The fourth-order valence-electron chi connectivity index (χ4n) is 1.15. The normalized spacial score (nSPS) is 13.5. The predicted molar refractivity (Wildman–Crippen MR) is 47.8 cm³/mol. The molecule has 0 saturated heterocycles. The Hall–Kier alpha value is -1.66. The third-order valence-electron chi connectivity index (χ3n) is 1.93. The maximum atomic E-state index is 12.5. The second kappa shape index (κ2) is 4.46. The molecule has 7 heteroatoms. The Bertz CT molecular complexity index is 375. The van der Waals surface area contributed by atoms with E-state index < -0.39 is 24.5 Å². The Morgan fingerprint density at radius 3 is 2.44 bits per heavy atom. The first-order valence-corrected chi connectivity index (χ1v) is 4.37. The van der Waals surface area contributed by atoms with E-state index >= 15 is 0 Å². The molecule has 0 bridgehead atoms.